The van der Waals surface area contributed by atoms with Crippen LogP contribution in [-0.2, 0) is 0 Å². The zero-order chi connectivity index (χ0) is 13.1. The van der Waals surface area contributed by atoms with Gasteiger partial charge in [-0.1, -0.05) is 0 Å². The maximum Gasteiger partial charge on any atom is 0.338 e. The number of nitrogens with zero attached hydrogens (tertiary/aromatic N) is 2. The van der Waals surface area contributed by atoms with Gasteiger partial charge in [0.2, 0.25) is 0 Å². The van der Waals surface area contributed by atoms with Gasteiger partial charge in [-0.05, 0) is 23.9 Å². The van der Waals surface area contributed by atoms with Crippen LogP contribution in [0.5, 0.6) is 0 Å². The summed E-state index contributed by atoms with van der Waals surface area (Å²) in [7, 11) is 0. The number of rotatable bonds is 3. The van der Waals surface area contributed by atoms with Gasteiger partial charge in [-0.15, -0.1) is 0 Å². The highest BCUT2D eigenvalue weighted by Gasteiger charge is 2.15. The molecule has 0 saturated heterocycles. The van der Waals surface area contributed by atoms with Gasteiger partial charge in [0.25, 0.3) is 0 Å². The second kappa shape index (κ2) is 5.09. The molecule has 0 saturated carbocycles. The second-order valence-electron chi connectivity index (χ2n) is 3.20. The lowest BCUT2D eigenvalue weighted by molar-refractivity contribution is 0.0692. The van der Waals surface area contributed by atoms with Crippen LogP contribution in [0.15, 0.2) is 40.6 Å². The first-order valence-electron chi connectivity index (χ1n) is 4.75. The largest absolute Gasteiger partial charge is 0.478 e. The normalized spacial score (nSPS) is 10.3. The van der Waals surface area contributed by atoms with Crippen LogP contribution in [0.1, 0.15) is 10.4 Å². The molecule has 7 heteroatoms. The van der Waals surface area contributed by atoms with Crippen molar-refractivity contribution in [1.82, 2.24) is 9.97 Å². The molecule has 1 N–H and O–H groups in total. The Bertz CT molecular complexity index is 607. The average Bonchev–Trinajstić information content (AvgIpc) is 2.33. The fourth-order valence-electron chi connectivity index (χ4n) is 1.20. The Morgan fingerprint density at radius 3 is 2.72 bits per heavy atom. The third kappa shape index (κ3) is 2.62. The minimum atomic E-state index is -1.17. The molecular weight excluding hydrogens is 262 g/mol. The quantitative estimate of drug-likeness (QED) is 0.927. The zero-order valence-electron chi connectivity index (χ0n) is 8.80. The van der Waals surface area contributed by atoms with Gasteiger partial charge >= 0.3 is 5.97 Å². The van der Waals surface area contributed by atoms with E-state index in [1.807, 2.05) is 0 Å². The molecule has 2 aromatic heterocycles. The molecule has 92 valence electrons. The molecule has 2 aromatic rings. The van der Waals surface area contributed by atoms with Crippen molar-refractivity contribution in [3.05, 3.63) is 47.8 Å². The number of hydrogen-bond donors (Lipinski definition) is 1. The number of carboxylic acids is 1. The number of halogens is 2. The van der Waals surface area contributed by atoms with Gasteiger partial charge in [-0.3, -0.25) is 0 Å². The van der Waals surface area contributed by atoms with E-state index in [4.69, 9.17) is 5.11 Å². The molecule has 0 bridgehead atoms. The molecule has 18 heavy (non-hydrogen) atoms. The summed E-state index contributed by atoms with van der Waals surface area (Å²) in [5.74, 6) is -2.83. The lowest BCUT2D eigenvalue weighted by Crippen LogP contribution is -2.00. The van der Waals surface area contributed by atoms with E-state index < -0.39 is 17.6 Å². The molecule has 0 unspecified atom stereocenters. The molecule has 0 amide bonds. The third-order valence-corrected chi connectivity index (χ3v) is 2.98. The average molecular weight is 268 g/mol. The molecule has 0 fully saturated rings. The summed E-state index contributed by atoms with van der Waals surface area (Å²) in [6.07, 6.45) is 2.24. The fourth-order valence-corrected chi connectivity index (χ4v) is 2.03. The van der Waals surface area contributed by atoms with Crippen LogP contribution in [0, 0.1) is 11.6 Å². The molecule has 0 aliphatic rings. The van der Waals surface area contributed by atoms with Crippen molar-refractivity contribution in [3.8, 4) is 0 Å². The second-order valence-corrected chi connectivity index (χ2v) is 4.18. The monoisotopic (exact) mass is 268 g/mol. The first-order chi connectivity index (χ1) is 8.58. The zero-order valence-corrected chi connectivity index (χ0v) is 9.62. The van der Waals surface area contributed by atoms with Crippen molar-refractivity contribution in [1.29, 1.82) is 0 Å². The Hall–Kier alpha value is -2.02. The molecule has 2 rings (SSSR count). The molecule has 2 heterocycles. The van der Waals surface area contributed by atoms with Crippen LogP contribution in [-0.4, -0.2) is 21.0 Å². The summed E-state index contributed by atoms with van der Waals surface area (Å²) in [5, 5.41) is 8.90. The van der Waals surface area contributed by atoms with Gasteiger partial charge in [-0.25, -0.2) is 23.5 Å². The summed E-state index contributed by atoms with van der Waals surface area (Å²) in [6.45, 7) is 0. The van der Waals surface area contributed by atoms with Crippen LogP contribution in [0.4, 0.5) is 8.78 Å². The number of carboxylic acid groups (broad SMARTS) is 1. The van der Waals surface area contributed by atoms with E-state index in [9.17, 15) is 13.6 Å². The molecule has 0 spiro atoms. The lowest BCUT2D eigenvalue weighted by Gasteiger charge is -2.04. The predicted molar refractivity (Wildman–Crippen MR) is 59.5 cm³/mol. The van der Waals surface area contributed by atoms with E-state index in [-0.39, 0.29) is 15.6 Å². The van der Waals surface area contributed by atoms with E-state index in [1.165, 1.54) is 18.3 Å². The van der Waals surface area contributed by atoms with Crippen LogP contribution in [0.3, 0.4) is 0 Å². The Balaban J connectivity index is 2.37. The smallest absolute Gasteiger partial charge is 0.338 e. The van der Waals surface area contributed by atoms with E-state index >= 15 is 0 Å². The van der Waals surface area contributed by atoms with Crippen molar-refractivity contribution in [2.24, 2.45) is 0 Å². The van der Waals surface area contributed by atoms with Gasteiger partial charge < -0.3 is 5.11 Å². The summed E-state index contributed by atoms with van der Waals surface area (Å²) in [6, 6.07) is 3.49. The maximum absolute atomic E-state index is 13.4. The first kappa shape index (κ1) is 12.4. The molecule has 0 aromatic carbocycles. The van der Waals surface area contributed by atoms with Crippen LogP contribution in [0.25, 0.3) is 0 Å². The number of aromatic carboxylic acids is 1. The van der Waals surface area contributed by atoms with Crippen LogP contribution in [0.2, 0.25) is 0 Å². The minimum absolute atomic E-state index is 0.0620. The Morgan fingerprint density at radius 1 is 1.28 bits per heavy atom. The van der Waals surface area contributed by atoms with Crippen molar-refractivity contribution in [3.63, 3.8) is 0 Å². The molecular formula is C11H6F2N2O2S. The van der Waals surface area contributed by atoms with Crippen molar-refractivity contribution >= 4 is 17.7 Å². The highest BCUT2D eigenvalue weighted by atomic mass is 32.2. The first-order valence-corrected chi connectivity index (χ1v) is 5.57. The van der Waals surface area contributed by atoms with Crippen LogP contribution < -0.4 is 0 Å². The predicted octanol–water partition coefficient (Wildman–Crippen LogP) is 2.60. The Kier molecular flexibility index (Phi) is 3.52. The van der Waals surface area contributed by atoms with E-state index in [0.29, 0.717) is 6.07 Å². The van der Waals surface area contributed by atoms with Crippen molar-refractivity contribution < 1.29 is 18.7 Å². The summed E-state index contributed by atoms with van der Waals surface area (Å²) in [4.78, 5) is 18.3. The summed E-state index contributed by atoms with van der Waals surface area (Å²) >= 11 is 0.733. The SMILES string of the molecule is O=C(O)c1cccnc1Sc1ncc(F)cc1F. The lowest BCUT2D eigenvalue weighted by atomic mass is 10.3. The Labute approximate surface area is 105 Å². The van der Waals surface area contributed by atoms with Gasteiger partial charge in [-0.2, -0.15) is 0 Å². The van der Waals surface area contributed by atoms with Crippen molar-refractivity contribution in [2.75, 3.05) is 0 Å². The standard InChI is InChI=1S/C11H6F2N2O2S/c12-6-4-8(13)10(15-5-6)18-9-7(11(16)17)2-1-3-14-9/h1-5H,(H,16,17). The highest BCUT2D eigenvalue weighted by Crippen LogP contribution is 2.29. The van der Waals surface area contributed by atoms with Crippen LogP contribution >= 0.6 is 11.8 Å². The number of aromatic nitrogens is 2. The van der Waals surface area contributed by atoms with Gasteiger partial charge in [0.1, 0.15) is 15.9 Å². The summed E-state index contributed by atoms with van der Waals surface area (Å²) in [5.41, 5.74) is -0.0620. The molecule has 0 atom stereocenters. The summed E-state index contributed by atoms with van der Waals surface area (Å²) < 4.78 is 26.0. The molecule has 0 radical (unpaired) electrons. The number of carbonyl (C=O) groups is 1. The van der Waals surface area contributed by atoms with Crippen molar-refractivity contribution in [2.45, 2.75) is 10.1 Å². The van der Waals surface area contributed by atoms with E-state index in [2.05, 4.69) is 9.97 Å². The third-order valence-electron chi connectivity index (χ3n) is 1.97. The van der Waals surface area contributed by atoms with Gasteiger partial charge in [0.05, 0.1) is 11.8 Å². The highest BCUT2D eigenvalue weighted by molar-refractivity contribution is 7.99. The van der Waals surface area contributed by atoms with E-state index in [1.54, 1.807) is 0 Å². The topological polar surface area (TPSA) is 63.1 Å². The van der Waals surface area contributed by atoms with E-state index in [0.717, 1.165) is 18.0 Å². The molecule has 0 aliphatic heterocycles. The van der Waals surface area contributed by atoms with Gasteiger partial charge in [0.15, 0.2) is 5.82 Å². The fraction of sp³-hybridized carbons (Fsp3) is 0. The number of pyridine rings is 2. The van der Waals surface area contributed by atoms with Gasteiger partial charge in [0, 0.05) is 12.3 Å². The molecule has 4 nitrogen and oxygen atoms in total. The maximum atomic E-state index is 13.4. The Morgan fingerprint density at radius 2 is 2.06 bits per heavy atom. The number of hydrogen-bond acceptors (Lipinski definition) is 4. The molecule has 0 aliphatic carbocycles. The minimum Gasteiger partial charge on any atom is -0.478 e.